The van der Waals surface area contributed by atoms with Crippen LogP contribution in [0, 0.1) is 0 Å². The van der Waals surface area contributed by atoms with Gasteiger partial charge in [-0.1, -0.05) is 39.5 Å². The third kappa shape index (κ3) is 14.1. The fourth-order valence-corrected chi connectivity index (χ4v) is 3.53. The Morgan fingerprint density at radius 3 is 2.03 bits per heavy atom. The van der Waals surface area contributed by atoms with E-state index in [4.69, 9.17) is 9.47 Å². The molecule has 8 nitrogen and oxygen atoms in total. The molecule has 0 aliphatic rings. The molecule has 1 unspecified atom stereocenters. The molecule has 0 aliphatic heterocycles. The van der Waals surface area contributed by atoms with Gasteiger partial charge in [0.05, 0.1) is 27.6 Å². The summed E-state index contributed by atoms with van der Waals surface area (Å²) < 4.78 is 56.1. The minimum Gasteiger partial charge on any atom is -0.774 e. The van der Waals surface area contributed by atoms with Crippen LogP contribution in [0.15, 0.2) is 0 Å². The first-order valence-corrected chi connectivity index (χ1v) is 12.8. The molecule has 190 valence electrons. The second-order valence-electron chi connectivity index (χ2n) is 8.92. The molecule has 0 N–H and O–H groups in total. The predicted molar refractivity (Wildman–Crippen MR) is 115 cm³/mol. The number of carbonyl (C=O) groups is 2. The van der Waals surface area contributed by atoms with Gasteiger partial charge in [0.1, 0.15) is 25.9 Å². The summed E-state index contributed by atoms with van der Waals surface area (Å²) in [6.45, 7) is 3.06. The molecule has 0 radical (unpaired) electrons. The van der Waals surface area contributed by atoms with Crippen molar-refractivity contribution < 1.29 is 46.3 Å². The number of likely N-dealkylation sites (N-methyl/N-ethyl adjacent to an activating group) is 1. The summed E-state index contributed by atoms with van der Waals surface area (Å²) in [5, 5.41) is 0. The van der Waals surface area contributed by atoms with Crippen LogP contribution in [0.5, 0.6) is 0 Å². The molecule has 0 amide bonds. The van der Waals surface area contributed by atoms with Crippen molar-refractivity contribution in [2.45, 2.75) is 83.4 Å². The van der Waals surface area contributed by atoms with E-state index in [0.717, 1.165) is 25.7 Å². The molecular weight excluding hydrogens is 447 g/mol. The van der Waals surface area contributed by atoms with Crippen LogP contribution in [-0.2, 0) is 28.2 Å². The highest BCUT2D eigenvalue weighted by atomic mass is 31.2. The van der Waals surface area contributed by atoms with E-state index in [1.807, 2.05) is 13.8 Å². The van der Waals surface area contributed by atoms with Gasteiger partial charge >= 0.3 is 17.6 Å². The molecule has 11 heteroatoms. The highest BCUT2D eigenvalue weighted by Gasteiger charge is 2.46. The highest BCUT2D eigenvalue weighted by molar-refractivity contribution is 7.52. The molecule has 0 fully saturated rings. The van der Waals surface area contributed by atoms with Gasteiger partial charge in [0.15, 0.2) is 0 Å². The fourth-order valence-electron chi connectivity index (χ4n) is 2.59. The minimum atomic E-state index is -5.60. The lowest BCUT2D eigenvalue weighted by Crippen LogP contribution is -2.39. The van der Waals surface area contributed by atoms with E-state index in [2.05, 4.69) is 4.52 Å². The number of hydrogen-bond acceptors (Lipinski definition) is 7. The number of esters is 2. The summed E-state index contributed by atoms with van der Waals surface area (Å²) in [5.74, 6) is -1.36. The lowest BCUT2D eigenvalue weighted by Gasteiger charge is -2.34. The van der Waals surface area contributed by atoms with Crippen LogP contribution >= 0.6 is 7.60 Å². The maximum Gasteiger partial charge on any atom is 0.312 e. The van der Waals surface area contributed by atoms with Gasteiger partial charge in [-0.25, -0.2) is 0 Å². The summed E-state index contributed by atoms with van der Waals surface area (Å²) in [6, 6.07) is 0. The summed E-state index contributed by atoms with van der Waals surface area (Å²) in [5.41, 5.74) is -4.29. The first kappa shape index (κ1) is 30.9. The Bertz CT molecular complexity index is 611. The molecule has 0 bridgehead atoms. The van der Waals surface area contributed by atoms with E-state index in [0.29, 0.717) is 17.3 Å². The number of halogens is 2. The van der Waals surface area contributed by atoms with Crippen molar-refractivity contribution in [3.8, 4) is 0 Å². The van der Waals surface area contributed by atoms with Crippen LogP contribution in [0.3, 0.4) is 0 Å². The summed E-state index contributed by atoms with van der Waals surface area (Å²) in [4.78, 5) is 35.9. The minimum absolute atomic E-state index is 0.00932. The normalized spacial score (nSPS) is 15.1. The molecule has 0 aromatic heterocycles. The summed E-state index contributed by atoms with van der Waals surface area (Å²) in [7, 11) is -0.307. The first-order chi connectivity index (χ1) is 14.7. The average molecular weight is 488 g/mol. The van der Waals surface area contributed by atoms with Gasteiger partial charge < -0.3 is 27.9 Å². The number of nitrogens with zero attached hydrogens (tertiary/aromatic N) is 1. The van der Waals surface area contributed by atoms with Crippen molar-refractivity contribution in [3.63, 3.8) is 0 Å². The van der Waals surface area contributed by atoms with Gasteiger partial charge in [0.25, 0.3) is 0 Å². The van der Waals surface area contributed by atoms with Gasteiger partial charge in [-0.2, -0.15) is 8.78 Å². The van der Waals surface area contributed by atoms with Crippen LogP contribution in [0.2, 0.25) is 0 Å². The maximum atomic E-state index is 14.6. The van der Waals surface area contributed by atoms with Crippen LogP contribution in [-0.4, -0.2) is 69.1 Å². The fraction of sp³-hybridized carbons (Fsp3) is 0.905. The number of hydrogen-bond donors (Lipinski definition) is 0. The van der Waals surface area contributed by atoms with Crippen molar-refractivity contribution in [1.29, 1.82) is 0 Å². The zero-order valence-corrected chi connectivity index (χ0v) is 21.0. The molecule has 0 heterocycles. The van der Waals surface area contributed by atoms with Crippen LogP contribution in [0.25, 0.3) is 0 Å². The number of unbranched alkanes of at least 4 members (excludes halogenated alkanes) is 4. The second kappa shape index (κ2) is 14.9. The molecule has 2 atom stereocenters. The number of carbonyl (C=O) groups excluding carboxylic acids is 2. The van der Waals surface area contributed by atoms with Crippen molar-refractivity contribution >= 4 is 19.5 Å². The number of alkyl halides is 2. The summed E-state index contributed by atoms with van der Waals surface area (Å²) >= 11 is 0. The predicted octanol–water partition coefficient (Wildman–Crippen LogP) is 3.86. The molecular formula is C21H40F2NO7P. The second-order valence-corrected chi connectivity index (χ2v) is 10.8. The van der Waals surface area contributed by atoms with Gasteiger partial charge in [0, 0.05) is 12.8 Å². The Hall–Kier alpha value is -1.09. The molecule has 0 aliphatic carbocycles. The lowest BCUT2D eigenvalue weighted by molar-refractivity contribution is -0.870. The van der Waals surface area contributed by atoms with Crippen molar-refractivity contribution in [1.82, 2.24) is 0 Å². The molecule has 0 spiro atoms. The largest absolute Gasteiger partial charge is 0.774 e. The van der Waals surface area contributed by atoms with Crippen molar-refractivity contribution in [3.05, 3.63) is 0 Å². The molecule has 0 saturated heterocycles. The molecule has 0 aromatic carbocycles. The van der Waals surface area contributed by atoms with Crippen molar-refractivity contribution in [2.24, 2.45) is 0 Å². The van der Waals surface area contributed by atoms with E-state index in [1.165, 1.54) is 0 Å². The monoisotopic (exact) mass is 487 g/mol. The highest BCUT2D eigenvalue weighted by Crippen LogP contribution is 2.56. The van der Waals surface area contributed by atoms with Crippen LogP contribution in [0.4, 0.5) is 8.78 Å². The van der Waals surface area contributed by atoms with E-state index in [1.54, 1.807) is 21.1 Å². The Labute approximate surface area is 190 Å². The van der Waals surface area contributed by atoms with Crippen molar-refractivity contribution in [2.75, 3.05) is 40.9 Å². The Morgan fingerprint density at radius 1 is 1.00 bits per heavy atom. The van der Waals surface area contributed by atoms with E-state index < -0.39 is 50.9 Å². The number of ether oxygens (including phenoxy) is 2. The quantitative estimate of drug-likeness (QED) is 0.125. The van der Waals surface area contributed by atoms with Gasteiger partial charge in [-0.3, -0.25) is 9.59 Å². The Morgan fingerprint density at radius 2 is 1.53 bits per heavy atom. The summed E-state index contributed by atoms with van der Waals surface area (Å²) in [6.07, 6.45) is 1.60. The molecule has 0 rings (SSSR count). The molecule has 0 aromatic rings. The zero-order valence-electron chi connectivity index (χ0n) is 20.1. The standard InChI is InChI=1S/C21H40F2NO7P/c1-6-8-10-12-19(25)29-17-18(31-20(26)13-11-9-7-2)16-21(22,23)32(27,28)30-15-14-24(3,4)5/h18H,6-17H2,1-5H3/t18-/m0/s1. The van der Waals surface area contributed by atoms with Gasteiger partial charge in [0.2, 0.25) is 7.60 Å². The SMILES string of the molecule is CCCCCC(=O)OC[C@H](CC(F)(F)P(=O)([O-])OCC[N+](C)(C)C)OC(=O)CCCCC. The number of quaternary nitrogens is 1. The van der Waals surface area contributed by atoms with Gasteiger partial charge in [-0.15, -0.1) is 0 Å². The van der Waals surface area contributed by atoms with Gasteiger partial charge in [-0.05, 0) is 12.8 Å². The third-order valence-electron chi connectivity index (χ3n) is 4.59. The number of rotatable bonds is 18. The topological polar surface area (TPSA) is 102 Å². The Balaban J connectivity index is 5.09. The van der Waals surface area contributed by atoms with Crippen LogP contribution < -0.4 is 4.89 Å². The Kier molecular flexibility index (Phi) is 14.4. The van der Waals surface area contributed by atoms with E-state index in [-0.39, 0.29) is 19.4 Å². The average Bonchev–Trinajstić information content (AvgIpc) is 2.65. The zero-order chi connectivity index (χ0) is 24.8. The molecule has 0 saturated carbocycles. The third-order valence-corrected chi connectivity index (χ3v) is 6.10. The van der Waals surface area contributed by atoms with E-state index >= 15 is 0 Å². The smallest absolute Gasteiger partial charge is 0.312 e. The van der Waals surface area contributed by atoms with E-state index in [9.17, 15) is 27.8 Å². The van der Waals surface area contributed by atoms with Crippen LogP contribution in [0.1, 0.15) is 71.6 Å². The molecule has 32 heavy (non-hydrogen) atoms. The maximum absolute atomic E-state index is 14.6. The lowest BCUT2D eigenvalue weighted by atomic mass is 10.2. The first-order valence-electron chi connectivity index (χ1n) is 11.2.